The molecule has 0 bridgehead atoms. The van der Waals surface area contributed by atoms with Crippen molar-refractivity contribution < 1.29 is 5.11 Å². The Balaban J connectivity index is 2.18. The number of pyridine rings is 1. The van der Waals surface area contributed by atoms with Crippen molar-refractivity contribution in [2.45, 2.75) is 26.0 Å². The Hall–Kier alpha value is -1.36. The Labute approximate surface area is 174 Å². The molecule has 0 fully saturated rings. The summed E-state index contributed by atoms with van der Waals surface area (Å²) in [6, 6.07) is 13.1. The molecule has 1 atom stereocenters. The van der Waals surface area contributed by atoms with E-state index in [9.17, 15) is 5.11 Å². The number of likely N-dealkylation sites (N-methyl/N-ethyl adjacent to an activating group) is 1. The summed E-state index contributed by atoms with van der Waals surface area (Å²) in [6.07, 6.45) is -0.705. The summed E-state index contributed by atoms with van der Waals surface area (Å²) in [6.45, 7) is 4.66. The minimum atomic E-state index is -0.705. The molecule has 0 aliphatic carbocycles. The molecule has 1 heterocycles. The smallest absolute Gasteiger partial charge is 0.0924 e. The van der Waals surface area contributed by atoms with Gasteiger partial charge in [0.05, 0.1) is 22.3 Å². The standard InChI is InChI=1S/C21H21Cl3N2O/c1-12(2)26(3)11-20(27)16-10-19(13-4-6-14(22)7-5-13)25-21-17(16)8-15(23)9-18(21)24/h4-10,12,20,27H,11H2,1-3H3. The van der Waals surface area contributed by atoms with Crippen LogP contribution in [0.15, 0.2) is 42.5 Å². The summed E-state index contributed by atoms with van der Waals surface area (Å²) in [7, 11) is 1.98. The second-order valence-corrected chi connectivity index (χ2v) is 8.22. The fourth-order valence-corrected chi connectivity index (χ4v) is 3.57. The van der Waals surface area contributed by atoms with Gasteiger partial charge in [-0.2, -0.15) is 0 Å². The first kappa shape index (κ1) is 20.4. The van der Waals surface area contributed by atoms with Gasteiger partial charge in [0, 0.05) is 33.6 Å². The van der Waals surface area contributed by atoms with Gasteiger partial charge in [-0.15, -0.1) is 0 Å². The number of hydrogen-bond acceptors (Lipinski definition) is 3. The molecule has 0 aliphatic rings. The van der Waals surface area contributed by atoms with Crippen LogP contribution in [0.2, 0.25) is 15.1 Å². The molecule has 0 amide bonds. The van der Waals surface area contributed by atoms with Crippen LogP contribution in [0.1, 0.15) is 25.5 Å². The molecular formula is C21H21Cl3N2O. The summed E-state index contributed by atoms with van der Waals surface area (Å²) in [5.41, 5.74) is 3.00. The van der Waals surface area contributed by atoms with E-state index in [-0.39, 0.29) is 0 Å². The molecule has 1 N–H and O–H groups in total. The highest BCUT2D eigenvalue weighted by atomic mass is 35.5. The maximum atomic E-state index is 11.0. The molecule has 0 aliphatic heterocycles. The van der Waals surface area contributed by atoms with Gasteiger partial charge >= 0.3 is 0 Å². The fourth-order valence-electron chi connectivity index (χ4n) is 2.90. The van der Waals surface area contributed by atoms with E-state index in [1.165, 1.54) is 0 Å². The Morgan fingerprint density at radius 1 is 1.00 bits per heavy atom. The van der Waals surface area contributed by atoms with Crippen molar-refractivity contribution in [2.75, 3.05) is 13.6 Å². The molecule has 3 aromatic rings. The van der Waals surface area contributed by atoms with Crippen LogP contribution in [-0.4, -0.2) is 34.6 Å². The van der Waals surface area contributed by atoms with Crippen LogP contribution in [0.3, 0.4) is 0 Å². The molecule has 142 valence electrons. The molecule has 1 aromatic heterocycles. The lowest BCUT2D eigenvalue weighted by Gasteiger charge is -2.25. The monoisotopic (exact) mass is 422 g/mol. The molecule has 0 saturated carbocycles. The van der Waals surface area contributed by atoms with Gasteiger partial charge in [0.1, 0.15) is 0 Å². The number of hydrogen-bond donors (Lipinski definition) is 1. The average Bonchev–Trinajstić information content (AvgIpc) is 2.61. The molecule has 2 aromatic carbocycles. The van der Waals surface area contributed by atoms with Gasteiger partial charge in [-0.3, -0.25) is 0 Å². The van der Waals surface area contributed by atoms with Crippen LogP contribution in [0.5, 0.6) is 0 Å². The highest BCUT2D eigenvalue weighted by Crippen LogP contribution is 2.35. The van der Waals surface area contributed by atoms with Gasteiger partial charge in [0.25, 0.3) is 0 Å². The van der Waals surface area contributed by atoms with Gasteiger partial charge < -0.3 is 10.0 Å². The summed E-state index contributed by atoms with van der Waals surface area (Å²) in [5.74, 6) is 0. The van der Waals surface area contributed by atoms with Gasteiger partial charge in [-0.1, -0.05) is 46.9 Å². The van der Waals surface area contributed by atoms with E-state index in [1.54, 1.807) is 12.1 Å². The number of rotatable bonds is 5. The van der Waals surface area contributed by atoms with Crippen molar-refractivity contribution in [2.24, 2.45) is 0 Å². The van der Waals surface area contributed by atoms with Crippen LogP contribution in [0, 0.1) is 0 Å². The van der Waals surface area contributed by atoms with Gasteiger partial charge in [0.15, 0.2) is 0 Å². The minimum absolute atomic E-state index is 0.315. The largest absolute Gasteiger partial charge is 0.387 e. The molecule has 0 saturated heterocycles. The second kappa shape index (κ2) is 8.34. The predicted molar refractivity (Wildman–Crippen MR) is 115 cm³/mol. The molecule has 27 heavy (non-hydrogen) atoms. The Bertz CT molecular complexity index is 958. The third-order valence-corrected chi connectivity index (χ3v) is 5.46. The van der Waals surface area contributed by atoms with Gasteiger partial charge in [0.2, 0.25) is 0 Å². The summed E-state index contributed by atoms with van der Waals surface area (Å²) >= 11 is 18.6. The number of aliphatic hydroxyl groups is 1. The van der Waals surface area contributed by atoms with E-state index in [0.717, 1.165) is 22.2 Å². The number of fused-ring (bicyclic) bond motifs is 1. The number of halogens is 3. The third-order valence-electron chi connectivity index (χ3n) is 4.71. The first-order valence-corrected chi connectivity index (χ1v) is 9.83. The highest BCUT2D eigenvalue weighted by molar-refractivity contribution is 6.38. The van der Waals surface area contributed by atoms with Gasteiger partial charge in [-0.05, 0) is 56.8 Å². The van der Waals surface area contributed by atoms with Crippen molar-refractivity contribution in [1.29, 1.82) is 0 Å². The summed E-state index contributed by atoms with van der Waals surface area (Å²) in [5, 5.41) is 13.3. The summed E-state index contributed by atoms with van der Waals surface area (Å²) in [4.78, 5) is 6.80. The zero-order chi connectivity index (χ0) is 19.7. The quantitative estimate of drug-likeness (QED) is 0.528. The van der Waals surface area contributed by atoms with E-state index in [1.807, 2.05) is 37.4 Å². The van der Waals surface area contributed by atoms with Gasteiger partial charge in [-0.25, -0.2) is 4.98 Å². The van der Waals surface area contributed by atoms with E-state index in [2.05, 4.69) is 18.7 Å². The molecule has 3 rings (SSSR count). The lowest BCUT2D eigenvalue weighted by molar-refractivity contribution is 0.113. The minimum Gasteiger partial charge on any atom is -0.387 e. The number of aromatic nitrogens is 1. The highest BCUT2D eigenvalue weighted by Gasteiger charge is 2.19. The van der Waals surface area contributed by atoms with Crippen LogP contribution >= 0.6 is 34.8 Å². The molecule has 3 nitrogen and oxygen atoms in total. The van der Waals surface area contributed by atoms with Crippen LogP contribution in [0.25, 0.3) is 22.2 Å². The zero-order valence-electron chi connectivity index (χ0n) is 15.4. The SMILES string of the molecule is CC(C)N(C)CC(O)c1cc(-c2ccc(Cl)cc2)nc2c(Cl)cc(Cl)cc12. The van der Waals surface area contributed by atoms with Crippen LogP contribution in [-0.2, 0) is 0 Å². The zero-order valence-corrected chi connectivity index (χ0v) is 17.6. The Morgan fingerprint density at radius 2 is 1.67 bits per heavy atom. The maximum absolute atomic E-state index is 11.0. The van der Waals surface area contributed by atoms with Crippen molar-refractivity contribution in [3.63, 3.8) is 0 Å². The number of aliphatic hydroxyl groups excluding tert-OH is 1. The molecule has 1 unspecified atom stereocenters. The van der Waals surface area contributed by atoms with E-state index >= 15 is 0 Å². The van der Waals surface area contributed by atoms with Crippen molar-refractivity contribution in [3.8, 4) is 11.3 Å². The first-order valence-electron chi connectivity index (χ1n) is 8.70. The maximum Gasteiger partial charge on any atom is 0.0924 e. The molecule has 6 heteroatoms. The topological polar surface area (TPSA) is 36.4 Å². The Kier molecular flexibility index (Phi) is 6.29. The molecular weight excluding hydrogens is 403 g/mol. The van der Waals surface area contributed by atoms with E-state index < -0.39 is 6.10 Å². The lowest BCUT2D eigenvalue weighted by Crippen LogP contribution is -2.30. The van der Waals surface area contributed by atoms with Crippen LogP contribution < -0.4 is 0 Å². The van der Waals surface area contributed by atoms with Crippen LogP contribution in [0.4, 0.5) is 0 Å². The van der Waals surface area contributed by atoms with E-state index in [4.69, 9.17) is 39.8 Å². The predicted octanol–water partition coefficient (Wildman–Crippen LogP) is 6.24. The Morgan fingerprint density at radius 3 is 2.30 bits per heavy atom. The number of benzene rings is 2. The third kappa shape index (κ3) is 4.56. The summed E-state index contributed by atoms with van der Waals surface area (Å²) < 4.78 is 0. The van der Waals surface area contributed by atoms with Crippen molar-refractivity contribution in [3.05, 3.63) is 63.1 Å². The lowest BCUT2D eigenvalue weighted by atomic mass is 9.99. The van der Waals surface area contributed by atoms with E-state index in [0.29, 0.717) is 33.2 Å². The average molecular weight is 424 g/mol. The first-order chi connectivity index (χ1) is 12.8. The molecule has 0 spiro atoms. The fraction of sp³-hybridized carbons (Fsp3) is 0.286. The molecule has 0 radical (unpaired) electrons. The normalized spacial score (nSPS) is 12.9. The van der Waals surface area contributed by atoms with Crippen molar-refractivity contribution >= 4 is 45.7 Å². The van der Waals surface area contributed by atoms with Crippen molar-refractivity contribution in [1.82, 2.24) is 9.88 Å². The second-order valence-electron chi connectivity index (χ2n) is 6.94. The number of nitrogens with zero attached hydrogens (tertiary/aromatic N) is 2.